The van der Waals surface area contributed by atoms with E-state index in [0.29, 0.717) is 11.8 Å². The van der Waals surface area contributed by atoms with E-state index in [1.54, 1.807) is 0 Å². The average molecular weight is 344 g/mol. The number of carbonyl (C=O) groups is 2. The second-order valence-electron chi connectivity index (χ2n) is 7.45. The van der Waals surface area contributed by atoms with Crippen LogP contribution in [-0.2, 0) is 14.3 Å². The average Bonchev–Trinajstić information content (AvgIpc) is 2.61. The lowest BCUT2D eigenvalue weighted by Crippen LogP contribution is -2.49. The summed E-state index contributed by atoms with van der Waals surface area (Å²) in [4.78, 5) is 24.7. The Balaban J connectivity index is 1.68. The third-order valence-corrected chi connectivity index (χ3v) is 5.90. The molecule has 0 spiro atoms. The summed E-state index contributed by atoms with van der Waals surface area (Å²) in [5.41, 5.74) is 7.25. The Bertz CT molecular complexity index is 590. The number of benzene rings is 1. The van der Waals surface area contributed by atoms with Crippen molar-refractivity contribution >= 4 is 11.9 Å². The maximum atomic E-state index is 12.9. The van der Waals surface area contributed by atoms with Gasteiger partial charge in [-0.2, -0.15) is 0 Å². The molecule has 1 aromatic carbocycles. The summed E-state index contributed by atoms with van der Waals surface area (Å²) in [6, 6.07) is 9.50. The fourth-order valence-electron chi connectivity index (χ4n) is 4.48. The zero-order valence-corrected chi connectivity index (χ0v) is 14.8. The Morgan fingerprint density at radius 2 is 1.84 bits per heavy atom. The van der Waals surface area contributed by atoms with Crippen molar-refractivity contribution in [2.45, 2.75) is 50.6 Å². The topological polar surface area (TPSA) is 81.4 Å². The van der Waals surface area contributed by atoms with Gasteiger partial charge in [0, 0.05) is 12.0 Å². The van der Waals surface area contributed by atoms with Crippen molar-refractivity contribution < 1.29 is 14.3 Å². The van der Waals surface area contributed by atoms with E-state index < -0.39 is 0 Å². The van der Waals surface area contributed by atoms with Gasteiger partial charge < -0.3 is 15.8 Å². The highest BCUT2D eigenvalue weighted by Crippen LogP contribution is 2.42. The number of hydrogen-bond donors (Lipinski definition) is 2. The highest BCUT2D eigenvalue weighted by atomic mass is 16.5. The fraction of sp³-hybridized carbons (Fsp3) is 0.600. The molecule has 0 saturated heterocycles. The molecule has 1 amide bonds. The summed E-state index contributed by atoms with van der Waals surface area (Å²) < 4.78 is 4.80. The van der Waals surface area contributed by atoms with Gasteiger partial charge >= 0.3 is 5.97 Å². The summed E-state index contributed by atoms with van der Waals surface area (Å²) in [6.45, 7) is 0. The first-order valence-electron chi connectivity index (χ1n) is 9.26. The van der Waals surface area contributed by atoms with Gasteiger partial charge in [0.05, 0.1) is 19.6 Å². The van der Waals surface area contributed by atoms with Crippen LogP contribution < -0.4 is 11.1 Å². The van der Waals surface area contributed by atoms with Crippen molar-refractivity contribution in [2.24, 2.45) is 23.5 Å². The minimum Gasteiger partial charge on any atom is -0.469 e. The van der Waals surface area contributed by atoms with Crippen molar-refractivity contribution in [1.29, 1.82) is 0 Å². The Kier molecular flexibility index (Phi) is 5.74. The van der Waals surface area contributed by atoms with E-state index in [4.69, 9.17) is 10.5 Å². The number of hydrogen-bond acceptors (Lipinski definition) is 4. The molecule has 2 aliphatic carbocycles. The molecular weight excluding hydrogens is 316 g/mol. The second kappa shape index (κ2) is 8.00. The number of carbonyl (C=O) groups excluding carboxylic acids is 2. The van der Waals surface area contributed by atoms with Crippen LogP contribution in [0.25, 0.3) is 0 Å². The molecule has 0 aromatic heterocycles. The fourth-order valence-corrected chi connectivity index (χ4v) is 4.48. The molecule has 136 valence electrons. The number of methoxy groups -OCH3 is 1. The molecular formula is C20H28N2O3. The van der Waals surface area contributed by atoms with Crippen LogP contribution in [0, 0.1) is 17.8 Å². The highest BCUT2D eigenvalue weighted by Gasteiger charge is 2.40. The van der Waals surface area contributed by atoms with Crippen LogP contribution in [0.4, 0.5) is 0 Å². The quantitative estimate of drug-likeness (QED) is 0.805. The number of rotatable bonds is 5. The predicted octanol–water partition coefficient (Wildman–Crippen LogP) is 2.56. The zero-order chi connectivity index (χ0) is 17.8. The van der Waals surface area contributed by atoms with Crippen molar-refractivity contribution in [3.63, 3.8) is 0 Å². The van der Waals surface area contributed by atoms with Gasteiger partial charge in [-0.1, -0.05) is 36.8 Å². The van der Waals surface area contributed by atoms with Gasteiger partial charge in [0.25, 0.3) is 0 Å². The van der Waals surface area contributed by atoms with E-state index in [-0.39, 0.29) is 36.3 Å². The Hall–Kier alpha value is -1.88. The molecule has 25 heavy (non-hydrogen) atoms. The molecule has 3 N–H and O–H groups in total. The summed E-state index contributed by atoms with van der Waals surface area (Å²) in [5, 5.41) is 3.09. The van der Waals surface area contributed by atoms with E-state index in [2.05, 4.69) is 5.32 Å². The lowest BCUT2D eigenvalue weighted by Gasteiger charge is -2.43. The Labute approximate surface area is 149 Å². The summed E-state index contributed by atoms with van der Waals surface area (Å²) in [6.07, 6.45) is 5.36. The predicted molar refractivity (Wildman–Crippen MR) is 95.5 cm³/mol. The van der Waals surface area contributed by atoms with E-state index in [1.165, 1.54) is 13.5 Å². The summed E-state index contributed by atoms with van der Waals surface area (Å²) in [7, 11) is 1.37. The van der Waals surface area contributed by atoms with Crippen molar-refractivity contribution in [2.75, 3.05) is 7.11 Å². The summed E-state index contributed by atoms with van der Waals surface area (Å²) in [5.74, 6) is 0.635. The molecule has 0 radical (unpaired) electrons. The van der Waals surface area contributed by atoms with Gasteiger partial charge in [-0.15, -0.1) is 0 Å². The molecule has 3 unspecified atom stereocenters. The summed E-state index contributed by atoms with van der Waals surface area (Å²) >= 11 is 0. The van der Waals surface area contributed by atoms with Crippen molar-refractivity contribution in [1.82, 2.24) is 5.32 Å². The smallest absolute Gasteiger partial charge is 0.307 e. The Morgan fingerprint density at radius 1 is 1.20 bits per heavy atom. The number of esters is 1. The normalized spacial score (nSPS) is 29.5. The number of ether oxygens (including phenoxy) is 1. The van der Waals surface area contributed by atoms with Gasteiger partial charge in [-0.05, 0) is 43.1 Å². The van der Waals surface area contributed by atoms with Crippen molar-refractivity contribution in [3.05, 3.63) is 35.9 Å². The number of amides is 1. The Morgan fingerprint density at radius 3 is 2.44 bits per heavy atom. The van der Waals surface area contributed by atoms with Crippen LogP contribution in [0.3, 0.4) is 0 Å². The van der Waals surface area contributed by atoms with Crippen molar-refractivity contribution in [3.8, 4) is 0 Å². The zero-order valence-electron chi connectivity index (χ0n) is 14.8. The molecule has 3 rings (SSSR count). The monoisotopic (exact) mass is 344 g/mol. The molecule has 2 aliphatic rings. The molecule has 2 bridgehead atoms. The SMILES string of the molecule is COC(=O)CC(NC(=O)C1CC2CCCC(C1)C2N)c1ccccc1. The molecule has 2 saturated carbocycles. The van der Waals surface area contributed by atoms with Gasteiger partial charge in [0.2, 0.25) is 5.91 Å². The molecule has 2 fully saturated rings. The van der Waals surface area contributed by atoms with E-state index in [1.807, 2.05) is 30.3 Å². The molecule has 5 heteroatoms. The minimum atomic E-state index is -0.350. The van der Waals surface area contributed by atoms with Gasteiger partial charge in [0.1, 0.15) is 0 Å². The third kappa shape index (κ3) is 4.21. The third-order valence-electron chi connectivity index (χ3n) is 5.90. The highest BCUT2D eigenvalue weighted by molar-refractivity contribution is 5.80. The molecule has 3 atom stereocenters. The molecule has 0 aliphatic heterocycles. The van der Waals surface area contributed by atoms with Crippen LogP contribution in [0.1, 0.15) is 50.1 Å². The largest absolute Gasteiger partial charge is 0.469 e. The minimum absolute atomic E-state index is 0.000964. The van der Waals surface area contributed by atoms with Gasteiger partial charge in [-0.3, -0.25) is 9.59 Å². The van der Waals surface area contributed by atoms with Crippen LogP contribution in [0.15, 0.2) is 30.3 Å². The number of nitrogens with one attached hydrogen (secondary N) is 1. The van der Waals surface area contributed by atoms with E-state index in [9.17, 15) is 9.59 Å². The number of fused-ring (bicyclic) bond motifs is 2. The standard InChI is InChI=1S/C20H28N2O3/c1-25-18(23)12-17(13-6-3-2-4-7-13)22-20(24)16-10-14-8-5-9-15(11-16)19(14)21/h2-4,6-7,14-17,19H,5,8-12,21H2,1H3,(H,22,24). The first kappa shape index (κ1) is 17.9. The molecule has 5 nitrogen and oxygen atoms in total. The van der Waals surface area contributed by atoms with Crippen LogP contribution in [-0.4, -0.2) is 25.0 Å². The lowest BCUT2D eigenvalue weighted by molar-refractivity contribution is -0.141. The van der Waals surface area contributed by atoms with E-state index in [0.717, 1.165) is 31.2 Å². The second-order valence-corrected chi connectivity index (χ2v) is 7.45. The molecule has 0 heterocycles. The number of nitrogens with two attached hydrogens (primary N) is 1. The lowest BCUT2D eigenvalue weighted by atomic mass is 9.65. The first-order valence-corrected chi connectivity index (χ1v) is 9.26. The van der Waals surface area contributed by atoms with Crippen LogP contribution in [0.2, 0.25) is 0 Å². The molecule has 1 aromatic rings. The van der Waals surface area contributed by atoms with Gasteiger partial charge in [0.15, 0.2) is 0 Å². The van der Waals surface area contributed by atoms with Gasteiger partial charge in [-0.25, -0.2) is 0 Å². The maximum Gasteiger partial charge on any atom is 0.307 e. The maximum absolute atomic E-state index is 12.9. The van der Waals surface area contributed by atoms with Crippen LogP contribution in [0.5, 0.6) is 0 Å². The van der Waals surface area contributed by atoms with E-state index >= 15 is 0 Å². The van der Waals surface area contributed by atoms with Crippen LogP contribution >= 0.6 is 0 Å². The first-order chi connectivity index (χ1) is 12.1.